The number of carbonyl (C=O) groups excluding carboxylic acids is 2. The Balaban J connectivity index is 1.55. The molecule has 11 heteroatoms. The fourth-order valence-electron chi connectivity index (χ4n) is 2.93. The Morgan fingerprint density at radius 2 is 1.88 bits per heavy atom. The van der Waals surface area contributed by atoms with Crippen LogP contribution in [0, 0.1) is 5.82 Å². The van der Waals surface area contributed by atoms with Crippen LogP contribution in [0.1, 0.15) is 16.1 Å². The fourth-order valence-corrected chi connectivity index (χ4v) is 2.93. The van der Waals surface area contributed by atoms with Crippen LogP contribution in [0.5, 0.6) is 11.5 Å². The van der Waals surface area contributed by atoms with Gasteiger partial charge in [-0.25, -0.2) is 9.07 Å². The molecule has 10 nitrogen and oxygen atoms in total. The first-order valence-electron chi connectivity index (χ1n) is 9.65. The Bertz CT molecular complexity index is 1120. The molecule has 2 amide bonds. The average Bonchev–Trinajstić information content (AvgIpc) is 3.15. The molecule has 0 saturated carbocycles. The van der Waals surface area contributed by atoms with Crippen molar-refractivity contribution >= 4 is 23.3 Å². The second-order valence-electron chi connectivity index (χ2n) is 6.70. The summed E-state index contributed by atoms with van der Waals surface area (Å²) in [4.78, 5) is 24.6. The van der Waals surface area contributed by atoms with Gasteiger partial charge in [0.2, 0.25) is 5.91 Å². The van der Waals surface area contributed by atoms with Crippen LogP contribution in [0.3, 0.4) is 0 Å². The predicted octanol–water partition coefficient (Wildman–Crippen LogP) is 1.63. The van der Waals surface area contributed by atoms with Gasteiger partial charge in [-0.15, -0.1) is 5.10 Å². The van der Waals surface area contributed by atoms with Crippen molar-refractivity contribution in [3.63, 3.8) is 0 Å². The first kappa shape index (κ1) is 22.5. The number of ether oxygens (including phenoxy) is 2. The number of methoxy groups -OCH3 is 2. The molecule has 0 bridgehead atoms. The highest BCUT2D eigenvalue weighted by Gasteiger charge is 2.19. The van der Waals surface area contributed by atoms with Gasteiger partial charge in [-0.3, -0.25) is 9.59 Å². The molecule has 0 radical (unpaired) electrons. The highest BCUT2D eigenvalue weighted by Crippen LogP contribution is 2.27. The van der Waals surface area contributed by atoms with Gasteiger partial charge in [-0.1, -0.05) is 23.4 Å². The summed E-state index contributed by atoms with van der Waals surface area (Å²) in [7, 11) is 3.10. The molecular weight excluding hydrogens is 419 g/mol. The fraction of sp³-hybridized carbons (Fsp3) is 0.238. The van der Waals surface area contributed by atoms with Crippen LogP contribution in [0.4, 0.5) is 15.9 Å². The number of anilines is 2. The van der Waals surface area contributed by atoms with Crippen molar-refractivity contribution < 1.29 is 23.5 Å². The maximum absolute atomic E-state index is 13.7. The number of amides is 2. The topological polar surface area (TPSA) is 133 Å². The van der Waals surface area contributed by atoms with Crippen LogP contribution in [0.25, 0.3) is 0 Å². The Morgan fingerprint density at radius 1 is 1.12 bits per heavy atom. The largest absolute Gasteiger partial charge is 0.493 e. The number of nitrogens with one attached hydrogen (secondary N) is 2. The number of aromatic nitrogens is 3. The first-order chi connectivity index (χ1) is 15.4. The van der Waals surface area contributed by atoms with Gasteiger partial charge in [0.25, 0.3) is 5.91 Å². The molecule has 3 aromatic rings. The summed E-state index contributed by atoms with van der Waals surface area (Å²) in [6.07, 6.45) is 0.533. The van der Waals surface area contributed by atoms with Crippen molar-refractivity contribution in [2.45, 2.75) is 13.0 Å². The third kappa shape index (κ3) is 5.31. The van der Waals surface area contributed by atoms with E-state index in [1.54, 1.807) is 26.4 Å². The quantitative estimate of drug-likeness (QED) is 0.459. The van der Waals surface area contributed by atoms with E-state index in [0.717, 1.165) is 10.2 Å². The number of rotatable bonds is 9. The maximum atomic E-state index is 13.7. The van der Waals surface area contributed by atoms with E-state index in [-0.39, 0.29) is 23.7 Å². The van der Waals surface area contributed by atoms with E-state index in [2.05, 4.69) is 20.9 Å². The lowest BCUT2D eigenvalue weighted by Gasteiger charge is -2.10. The second-order valence-corrected chi connectivity index (χ2v) is 6.70. The Kier molecular flexibility index (Phi) is 7.21. The van der Waals surface area contributed by atoms with Gasteiger partial charge in [0.15, 0.2) is 23.0 Å². The first-order valence-corrected chi connectivity index (χ1v) is 9.65. The number of nitrogens with zero attached hydrogens (tertiary/aromatic N) is 3. The van der Waals surface area contributed by atoms with Crippen molar-refractivity contribution in [3.8, 4) is 11.5 Å². The molecule has 0 aliphatic carbocycles. The van der Waals surface area contributed by atoms with E-state index in [9.17, 15) is 14.0 Å². The van der Waals surface area contributed by atoms with E-state index >= 15 is 0 Å². The zero-order chi connectivity index (χ0) is 23.1. The number of hydrogen-bond acceptors (Lipinski definition) is 7. The van der Waals surface area contributed by atoms with E-state index < -0.39 is 17.6 Å². The highest BCUT2D eigenvalue weighted by molar-refractivity contribution is 5.97. The Hall–Kier alpha value is -4.15. The average molecular weight is 442 g/mol. The molecule has 0 saturated heterocycles. The van der Waals surface area contributed by atoms with E-state index in [0.29, 0.717) is 24.5 Å². The summed E-state index contributed by atoms with van der Waals surface area (Å²) in [6.45, 7) is -0.0134. The van der Waals surface area contributed by atoms with Gasteiger partial charge in [-0.05, 0) is 36.2 Å². The van der Waals surface area contributed by atoms with Gasteiger partial charge in [0.05, 0.1) is 19.9 Å². The van der Waals surface area contributed by atoms with Gasteiger partial charge in [0, 0.05) is 6.54 Å². The van der Waals surface area contributed by atoms with Crippen LogP contribution in [-0.2, 0) is 17.8 Å². The molecule has 0 spiro atoms. The minimum absolute atomic E-state index is 0.0318. The summed E-state index contributed by atoms with van der Waals surface area (Å²) >= 11 is 0. The summed E-state index contributed by atoms with van der Waals surface area (Å²) in [5.74, 6) is -0.518. The standard InChI is InChI=1S/C21H23FN6O4/c1-31-16-8-7-13(11-17(16)32-2)9-10-24-21(30)19-20(23)28(27-26-19)12-18(29)25-15-6-4-3-5-14(15)22/h3-8,11H,9-10,12,23H2,1-2H3,(H,24,30)(H,25,29). The lowest BCUT2D eigenvalue weighted by atomic mass is 10.1. The molecule has 1 heterocycles. The third-order valence-corrected chi connectivity index (χ3v) is 4.58. The van der Waals surface area contributed by atoms with Crippen LogP contribution in [-0.4, -0.2) is 47.6 Å². The Labute approximate surface area is 183 Å². The molecule has 2 aromatic carbocycles. The van der Waals surface area contributed by atoms with Crippen molar-refractivity contribution in [2.24, 2.45) is 0 Å². The van der Waals surface area contributed by atoms with Crippen molar-refractivity contribution in [3.05, 3.63) is 59.5 Å². The van der Waals surface area contributed by atoms with Crippen LogP contribution >= 0.6 is 0 Å². The predicted molar refractivity (Wildman–Crippen MR) is 115 cm³/mol. The lowest BCUT2D eigenvalue weighted by Crippen LogP contribution is -2.27. The van der Waals surface area contributed by atoms with Crippen molar-refractivity contribution in [1.82, 2.24) is 20.3 Å². The molecule has 0 aliphatic rings. The van der Waals surface area contributed by atoms with E-state index in [1.165, 1.54) is 18.2 Å². The molecule has 0 atom stereocenters. The third-order valence-electron chi connectivity index (χ3n) is 4.58. The zero-order valence-electron chi connectivity index (χ0n) is 17.6. The minimum atomic E-state index is -0.568. The minimum Gasteiger partial charge on any atom is -0.493 e. The van der Waals surface area contributed by atoms with Crippen LogP contribution in [0.2, 0.25) is 0 Å². The Morgan fingerprint density at radius 3 is 2.59 bits per heavy atom. The molecule has 1 aromatic heterocycles. The molecule has 0 fully saturated rings. The number of hydrogen-bond donors (Lipinski definition) is 3. The van der Waals surface area contributed by atoms with Gasteiger partial charge >= 0.3 is 0 Å². The zero-order valence-corrected chi connectivity index (χ0v) is 17.6. The number of nitrogens with two attached hydrogens (primary N) is 1. The molecule has 168 valence electrons. The number of para-hydroxylation sites is 1. The van der Waals surface area contributed by atoms with E-state index in [1.807, 2.05) is 12.1 Å². The maximum Gasteiger partial charge on any atom is 0.275 e. The number of halogens is 1. The SMILES string of the molecule is COc1ccc(CCNC(=O)c2nnn(CC(=O)Nc3ccccc3F)c2N)cc1OC. The normalized spacial score (nSPS) is 10.5. The number of nitrogen functional groups attached to an aromatic ring is 1. The summed E-state index contributed by atoms with van der Waals surface area (Å²) < 4.78 is 25.2. The van der Waals surface area contributed by atoms with Crippen LogP contribution < -0.4 is 25.8 Å². The van der Waals surface area contributed by atoms with Gasteiger partial charge in [0.1, 0.15) is 12.4 Å². The van der Waals surface area contributed by atoms with Crippen LogP contribution in [0.15, 0.2) is 42.5 Å². The number of benzene rings is 2. The highest BCUT2D eigenvalue weighted by atomic mass is 19.1. The van der Waals surface area contributed by atoms with Crippen molar-refractivity contribution in [1.29, 1.82) is 0 Å². The molecular formula is C21H23FN6O4. The summed E-state index contributed by atoms with van der Waals surface area (Å²) in [5.41, 5.74) is 6.79. The monoisotopic (exact) mass is 442 g/mol. The lowest BCUT2D eigenvalue weighted by molar-refractivity contribution is -0.116. The smallest absolute Gasteiger partial charge is 0.275 e. The molecule has 0 unspecified atom stereocenters. The molecule has 0 aliphatic heterocycles. The molecule has 32 heavy (non-hydrogen) atoms. The summed E-state index contributed by atoms with van der Waals surface area (Å²) in [6, 6.07) is 11.2. The molecule has 4 N–H and O–H groups in total. The van der Waals surface area contributed by atoms with Crippen molar-refractivity contribution in [2.75, 3.05) is 31.8 Å². The second kappa shape index (κ2) is 10.2. The summed E-state index contributed by atoms with van der Waals surface area (Å²) in [5, 5.41) is 12.6. The van der Waals surface area contributed by atoms with Gasteiger partial charge in [-0.2, -0.15) is 0 Å². The molecule has 3 rings (SSSR count). The number of carbonyl (C=O) groups is 2. The van der Waals surface area contributed by atoms with E-state index in [4.69, 9.17) is 15.2 Å². The van der Waals surface area contributed by atoms with Gasteiger partial charge < -0.3 is 25.8 Å².